The number of rotatable bonds is 8. The minimum atomic E-state index is -1.22. The summed E-state index contributed by atoms with van der Waals surface area (Å²) in [7, 11) is 0. The molecule has 2 atom stereocenters. The molecule has 1 aliphatic carbocycles. The number of aliphatic carboxylic acids is 1. The Morgan fingerprint density at radius 2 is 1.92 bits per heavy atom. The number of benzene rings is 1. The first kappa shape index (κ1) is 26.6. The maximum absolute atomic E-state index is 13.4. The molecule has 194 valence electrons. The molecule has 2 aliphatic rings. The topological polar surface area (TPSA) is 130 Å². The lowest BCUT2D eigenvalue weighted by molar-refractivity contribution is -0.131. The fourth-order valence-corrected chi connectivity index (χ4v) is 6.90. The van der Waals surface area contributed by atoms with Gasteiger partial charge in [-0.3, -0.25) is 14.4 Å². The highest BCUT2D eigenvalue weighted by molar-refractivity contribution is 8.00. The largest absolute Gasteiger partial charge is 0.478 e. The average Bonchev–Trinajstić information content (AvgIpc) is 3.34. The van der Waals surface area contributed by atoms with Gasteiger partial charge >= 0.3 is 11.9 Å². The molecule has 2 aromatic rings. The summed E-state index contributed by atoms with van der Waals surface area (Å²) in [5.74, 6) is -2.57. The Bertz CT molecular complexity index is 1280. The lowest BCUT2D eigenvalue weighted by Crippen LogP contribution is -2.32. The van der Waals surface area contributed by atoms with E-state index in [4.69, 9.17) is 9.84 Å². The summed E-state index contributed by atoms with van der Waals surface area (Å²) in [6.07, 6.45) is 4.10. The second-order valence-electron chi connectivity index (χ2n) is 8.82. The van der Waals surface area contributed by atoms with Crippen molar-refractivity contribution in [1.29, 1.82) is 0 Å². The molecule has 0 bridgehead atoms. The number of nitrogens with zero attached hydrogens (tertiary/aromatic N) is 1. The first-order chi connectivity index (χ1) is 17.7. The van der Waals surface area contributed by atoms with Crippen LogP contribution in [0.15, 0.2) is 41.3 Å². The van der Waals surface area contributed by atoms with Crippen molar-refractivity contribution in [3.63, 3.8) is 0 Å². The van der Waals surface area contributed by atoms with Gasteiger partial charge in [-0.15, -0.1) is 23.1 Å². The van der Waals surface area contributed by atoms with Gasteiger partial charge in [-0.05, 0) is 61.9 Å². The van der Waals surface area contributed by atoms with Crippen molar-refractivity contribution in [2.24, 2.45) is 5.92 Å². The molecule has 3 amide bonds. The monoisotopic (exact) mass is 542 g/mol. The highest BCUT2D eigenvalue weighted by atomic mass is 32.2. The van der Waals surface area contributed by atoms with Gasteiger partial charge < -0.3 is 15.2 Å². The summed E-state index contributed by atoms with van der Waals surface area (Å²) in [4.78, 5) is 64.5. The number of nitrogens with one attached hydrogen (secondary N) is 1. The van der Waals surface area contributed by atoms with E-state index in [1.807, 2.05) is 0 Å². The van der Waals surface area contributed by atoms with E-state index in [2.05, 4.69) is 12.2 Å². The molecular formula is C26H26N2O7S2. The Balaban J connectivity index is 1.51. The number of hydrogen-bond donors (Lipinski definition) is 2. The number of anilines is 2. The van der Waals surface area contributed by atoms with Crippen molar-refractivity contribution in [1.82, 2.24) is 0 Å². The first-order valence-corrected chi connectivity index (χ1v) is 13.5. The van der Waals surface area contributed by atoms with Crippen molar-refractivity contribution in [2.45, 2.75) is 49.7 Å². The molecular weight excluding hydrogens is 516 g/mol. The third-order valence-corrected chi connectivity index (χ3v) is 8.50. The van der Waals surface area contributed by atoms with Crippen molar-refractivity contribution >= 4 is 63.4 Å². The summed E-state index contributed by atoms with van der Waals surface area (Å²) in [5, 5.41) is 10.9. The Hall–Kier alpha value is -3.44. The van der Waals surface area contributed by atoms with Crippen LogP contribution in [0.1, 0.15) is 47.5 Å². The van der Waals surface area contributed by atoms with E-state index in [-0.39, 0.29) is 24.8 Å². The van der Waals surface area contributed by atoms with Crippen LogP contribution in [0.25, 0.3) is 0 Å². The van der Waals surface area contributed by atoms with Gasteiger partial charge in [-0.1, -0.05) is 6.92 Å². The molecule has 1 aromatic carbocycles. The van der Waals surface area contributed by atoms with Gasteiger partial charge in [-0.25, -0.2) is 14.5 Å². The summed E-state index contributed by atoms with van der Waals surface area (Å²) in [6.45, 7) is 4.07. The fraction of sp³-hybridized carbons (Fsp3) is 0.346. The Morgan fingerprint density at radius 3 is 2.59 bits per heavy atom. The average molecular weight is 543 g/mol. The predicted molar refractivity (Wildman–Crippen MR) is 140 cm³/mol. The second-order valence-corrected chi connectivity index (χ2v) is 11.2. The quantitative estimate of drug-likeness (QED) is 0.290. The van der Waals surface area contributed by atoms with Crippen LogP contribution in [-0.4, -0.2) is 46.6 Å². The Morgan fingerprint density at radius 1 is 1.19 bits per heavy atom. The van der Waals surface area contributed by atoms with E-state index in [1.165, 1.54) is 23.1 Å². The van der Waals surface area contributed by atoms with Gasteiger partial charge in [0.15, 0.2) is 0 Å². The Kier molecular flexibility index (Phi) is 8.13. The number of carboxylic acids is 1. The number of carbonyl (C=O) groups is 5. The van der Waals surface area contributed by atoms with E-state index in [0.29, 0.717) is 28.6 Å². The molecule has 1 saturated heterocycles. The smallest absolute Gasteiger partial charge is 0.341 e. The molecule has 4 rings (SSSR count). The predicted octanol–water partition coefficient (Wildman–Crippen LogP) is 4.05. The molecule has 0 spiro atoms. The fourth-order valence-electron chi connectivity index (χ4n) is 4.33. The number of amides is 3. The Labute approximate surface area is 221 Å². The molecule has 11 heteroatoms. The summed E-state index contributed by atoms with van der Waals surface area (Å²) < 4.78 is 5.29. The van der Waals surface area contributed by atoms with Crippen molar-refractivity contribution in [3.8, 4) is 0 Å². The lowest BCUT2D eigenvalue weighted by atomic mass is 9.88. The number of thiophene rings is 1. The molecule has 1 aromatic heterocycles. The van der Waals surface area contributed by atoms with Crippen LogP contribution in [0.3, 0.4) is 0 Å². The van der Waals surface area contributed by atoms with Gasteiger partial charge in [0.25, 0.3) is 0 Å². The molecule has 37 heavy (non-hydrogen) atoms. The standard InChI is InChI=1S/C26H26N2O7S2/c1-3-35-26(34)23-17-9-4-14(2)12-18(17)37-25(23)28-21(30)13-19(24(28)33)36-16-7-5-15(6-8-16)27-20(29)10-11-22(31)32/h5-8,10-11,14,19H,3-4,9,12-13H2,1-2H3,(H,27,29)(H,31,32)/b11-10+/t14-,19-/m0/s1. The summed E-state index contributed by atoms with van der Waals surface area (Å²) in [6, 6.07) is 6.66. The number of carbonyl (C=O) groups excluding carboxylic acids is 4. The molecule has 1 fully saturated rings. The highest BCUT2D eigenvalue weighted by Gasteiger charge is 2.44. The van der Waals surface area contributed by atoms with Crippen molar-refractivity contribution in [3.05, 3.63) is 52.4 Å². The van der Waals surface area contributed by atoms with Crippen LogP contribution in [0.5, 0.6) is 0 Å². The third kappa shape index (κ3) is 5.94. The minimum Gasteiger partial charge on any atom is -0.478 e. The summed E-state index contributed by atoms with van der Waals surface area (Å²) >= 11 is 2.57. The minimum absolute atomic E-state index is 0.00318. The van der Waals surface area contributed by atoms with Crippen LogP contribution < -0.4 is 10.2 Å². The lowest BCUT2D eigenvalue weighted by Gasteiger charge is -2.18. The van der Waals surface area contributed by atoms with Crippen molar-refractivity contribution in [2.75, 3.05) is 16.8 Å². The SMILES string of the molecule is CCOC(=O)c1c(N2C(=O)C[C@H](Sc3ccc(NC(=O)/C=C/C(=O)O)cc3)C2=O)sc2c1CC[C@H](C)C2. The zero-order chi connectivity index (χ0) is 26.7. The first-order valence-electron chi connectivity index (χ1n) is 11.8. The molecule has 1 aliphatic heterocycles. The van der Waals surface area contributed by atoms with E-state index in [0.717, 1.165) is 45.2 Å². The van der Waals surface area contributed by atoms with Gasteiger partial charge in [0.05, 0.1) is 17.4 Å². The van der Waals surface area contributed by atoms with Gasteiger partial charge in [0.1, 0.15) is 5.00 Å². The van der Waals surface area contributed by atoms with Crippen LogP contribution in [0.2, 0.25) is 0 Å². The second kappa shape index (κ2) is 11.3. The number of esters is 1. The molecule has 2 heterocycles. The van der Waals surface area contributed by atoms with E-state index < -0.39 is 23.1 Å². The summed E-state index contributed by atoms with van der Waals surface area (Å²) in [5.41, 5.74) is 1.69. The number of fused-ring (bicyclic) bond motifs is 1. The van der Waals surface area contributed by atoms with Gasteiger partial charge in [0, 0.05) is 34.0 Å². The molecule has 2 N–H and O–H groups in total. The number of hydrogen-bond acceptors (Lipinski definition) is 8. The highest BCUT2D eigenvalue weighted by Crippen LogP contribution is 2.45. The van der Waals surface area contributed by atoms with E-state index >= 15 is 0 Å². The molecule has 0 saturated carbocycles. The van der Waals surface area contributed by atoms with Crippen molar-refractivity contribution < 1.29 is 33.8 Å². The van der Waals surface area contributed by atoms with Crippen LogP contribution in [0.4, 0.5) is 10.7 Å². The van der Waals surface area contributed by atoms with Gasteiger partial charge in [-0.2, -0.15) is 0 Å². The van der Waals surface area contributed by atoms with Crippen LogP contribution >= 0.6 is 23.1 Å². The van der Waals surface area contributed by atoms with Crippen LogP contribution in [-0.2, 0) is 36.8 Å². The van der Waals surface area contributed by atoms with Crippen LogP contribution in [0, 0.1) is 5.92 Å². The number of ether oxygens (including phenoxy) is 1. The van der Waals surface area contributed by atoms with E-state index in [9.17, 15) is 24.0 Å². The van der Waals surface area contributed by atoms with E-state index in [1.54, 1.807) is 31.2 Å². The van der Waals surface area contributed by atoms with Gasteiger partial charge in [0.2, 0.25) is 17.7 Å². The number of thioether (sulfide) groups is 1. The number of carboxylic acid groups (broad SMARTS) is 1. The molecule has 0 radical (unpaired) electrons. The molecule has 9 nitrogen and oxygen atoms in total. The zero-order valence-corrected chi connectivity index (χ0v) is 21.9. The number of imide groups is 1. The maximum Gasteiger partial charge on any atom is 0.341 e. The zero-order valence-electron chi connectivity index (χ0n) is 20.3. The molecule has 0 unspecified atom stereocenters. The maximum atomic E-state index is 13.4. The normalized spacial score (nSPS) is 19.2. The third-order valence-electron chi connectivity index (χ3n) is 6.06.